The summed E-state index contributed by atoms with van der Waals surface area (Å²) >= 11 is 0. The van der Waals surface area contributed by atoms with Crippen LogP contribution in [0.5, 0.6) is 5.75 Å². The summed E-state index contributed by atoms with van der Waals surface area (Å²) < 4.78 is 5.29. The second kappa shape index (κ2) is 13.6. The molecule has 0 aromatic heterocycles. The lowest BCUT2D eigenvalue weighted by atomic mass is 9.96. The molecule has 0 fully saturated rings. The van der Waals surface area contributed by atoms with Gasteiger partial charge in [0.25, 0.3) is 0 Å². The molecule has 0 aliphatic rings. The van der Waals surface area contributed by atoms with E-state index in [0.717, 1.165) is 5.56 Å². The van der Waals surface area contributed by atoms with Crippen molar-refractivity contribution in [1.82, 2.24) is 15.5 Å². The molecule has 0 bridgehead atoms. The van der Waals surface area contributed by atoms with Gasteiger partial charge in [-0.1, -0.05) is 55.5 Å². The molecule has 5 N–H and O–H groups in total. The van der Waals surface area contributed by atoms with Gasteiger partial charge in [-0.2, -0.15) is 0 Å². The first-order chi connectivity index (χ1) is 18.2. The topological polar surface area (TPSA) is 151 Å². The highest BCUT2D eigenvalue weighted by Gasteiger charge is 2.40. The number of phenols is 1. The number of hydrogen-bond donors (Lipinski definition) is 4. The summed E-state index contributed by atoms with van der Waals surface area (Å²) in [5, 5.41) is 16.3. The van der Waals surface area contributed by atoms with E-state index in [1.165, 1.54) is 4.90 Å². The van der Waals surface area contributed by atoms with Crippen molar-refractivity contribution >= 4 is 23.8 Å². The first kappa shape index (κ1) is 31.1. The number of hydrogen-bond acceptors (Lipinski definition) is 6. The predicted molar refractivity (Wildman–Crippen MR) is 147 cm³/mol. The van der Waals surface area contributed by atoms with Gasteiger partial charge < -0.3 is 31.1 Å². The molecule has 4 amide bonds. The highest BCUT2D eigenvalue weighted by molar-refractivity contribution is 5.95. The van der Waals surface area contributed by atoms with Gasteiger partial charge in [0, 0.05) is 18.2 Å². The molecule has 3 unspecified atom stereocenters. The fourth-order valence-corrected chi connectivity index (χ4v) is 4.03. The molecule has 0 spiro atoms. The van der Waals surface area contributed by atoms with E-state index in [-0.39, 0.29) is 17.9 Å². The molecule has 0 aliphatic carbocycles. The van der Waals surface area contributed by atoms with Gasteiger partial charge >= 0.3 is 6.09 Å². The molecule has 0 radical (unpaired) electrons. The molecule has 0 heterocycles. The molecule has 2 rings (SSSR count). The first-order valence-corrected chi connectivity index (χ1v) is 12.9. The molecular weight excluding hydrogens is 500 g/mol. The summed E-state index contributed by atoms with van der Waals surface area (Å²) in [5.41, 5.74) is 6.15. The Labute approximate surface area is 229 Å². The smallest absolute Gasteiger partial charge is 0.408 e. The SMILES string of the molecule is CCC(C)N(C(=O)C(CC(N)=O)NC(=O)OC(C)(C)C)C(C(=O)NCc1ccccc1)c1cccc(C)c1O. The largest absolute Gasteiger partial charge is 0.507 e. The number of primary amides is 1. The maximum absolute atomic E-state index is 14.1. The number of aryl methyl sites for hydroxylation is 1. The van der Waals surface area contributed by atoms with Gasteiger partial charge in [-0.3, -0.25) is 14.4 Å². The summed E-state index contributed by atoms with van der Waals surface area (Å²) in [6, 6.07) is 11.0. The van der Waals surface area contributed by atoms with Crippen molar-refractivity contribution in [1.29, 1.82) is 0 Å². The van der Waals surface area contributed by atoms with Gasteiger partial charge in [-0.25, -0.2) is 4.79 Å². The number of carbonyl (C=O) groups excluding carboxylic acids is 4. The van der Waals surface area contributed by atoms with E-state index in [2.05, 4.69) is 10.6 Å². The standard InChI is InChI=1S/C29H40N4O6/c1-7-19(3)33(27(37)22(16-23(30)34)32-28(38)39-29(4,5)6)24(21-15-11-12-18(2)25(21)35)26(36)31-17-20-13-9-8-10-14-20/h8-15,19,22,24,35H,7,16-17H2,1-6H3,(H2,30,34)(H,31,36)(H,32,38). The molecule has 2 aromatic rings. The fourth-order valence-electron chi connectivity index (χ4n) is 4.03. The van der Waals surface area contributed by atoms with Crippen molar-refractivity contribution in [2.24, 2.45) is 5.73 Å². The van der Waals surface area contributed by atoms with Gasteiger partial charge in [0.05, 0.1) is 6.42 Å². The third-order valence-electron chi connectivity index (χ3n) is 6.11. The predicted octanol–water partition coefficient (Wildman–Crippen LogP) is 3.45. The maximum atomic E-state index is 14.1. The Hall–Kier alpha value is -4.08. The Bertz CT molecular complexity index is 1160. The molecule has 0 aliphatic heterocycles. The Morgan fingerprint density at radius 3 is 2.26 bits per heavy atom. The number of nitrogens with zero attached hydrogens (tertiary/aromatic N) is 1. The van der Waals surface area contributed by atoms with Crippen molar-refractivity contribution in [3.05, 3.63) is 65.2 Å². The molecule has 10 nitrogen and oxygen atoms in total. The van der Waals surface area contributed by atoms with Crippen LogP contribution in [0.2, 0.25) is 0 Å². The maximum Gasteiger partial charge on any atom is 0.408 e. The second-order valence-corrected chi connectivity index (χ2v) is 10.5. The van der Waals surface area contributed by atoms with Crippen LogP contribution in [0.4, 0.5) is 4.79 Å². The molecule has 0 saturated heterocycles. The number of phenolic OH excluding ortho intramolecular Hbond substituents is 1. The van der Waals surface area contributed by atoms with Crippen molar-refractivity contribution in [2.45, 2.75) is 84.7 Å². The van der Waals surface area contributed by atoms with Gasteiger partial charge in [0.1, 0.15) is 23.4 Å². The van der Waals surface area contributed by atoms with Crippen LogP contribution in [-0.4, -0.2) is 51.5 Å². The first-order valence-electron chi connectivity index (χ1n) is 12.9. The average Bonchev–Trinajstić information content (AvgIpc) is 2.85. The van der Waals surface area contributed by atoms with Crippen LogP contribution in [0.3, 0.4) is 0 Å². The van der Waals surface area contributed by atoms with Gasteiger partial charge in [0.2, 0.25) is 17.7 Å². The lowest BCUT2D eigenvalue weighted by molar-refractivity contribution is -0.146. The number of benzene rings is 2. The number of para-hydroxylation sites is 1. The summed E-state index contributed by atoms with van der Waals surface area (Å²) in [6.07, 6.45) is -0.977. The molecule has 0 saturated carbocycles. The fraction of sp³-hybridized carbons (Fsp3) is 0.448. The van der Waals surface area contributed by atoms with E-state index in [4.69, 9.17) is 10.5 Å². The summed E-state index contributed by atoms with van der Waals surface area (Å²) in [4.78, 5) is 53.6. The second-order valence-electron chi connectivity index (χ2n) is 10.5. The average molecular weight is 541 g/mol. The van der Waals surface area contributed by atoms with Crippen LogP contribution in [0.25, 0.3) is 0 Å². The number of ether oxygens (including phenoxy) is 1. The van der Waals surface area contributed by atoms with Crippen molar-refractivity contribution in [3.8, 4) is 5.75 Å². The van der Waals surface area contributed by atoms with Crippen LogP contribution in [0.15, 0.2) is 48.5 Å². The highest BCUT2D eigenvalue weighted by Crippen LogP contribution is 2.34. The van der Waals surface area contributed by atoms with E-state index < -0.39 is 54.0 Å². The highest BCUT2D eigenvalue weighted by atomic mass is 16.6. The van der Waals surface area contributed by atoms with E-state index in [1.807, 2.05) is 37.3 Å². The molecule has 10 heteroatoms. The molecule has 212 valence electrons. The van der Waals surface area contributed by atoms with Crippen LogP contribution >= 0.6 is 0 Å². The summed E-state index contributed by atoms with van der Waals surface area (Å²) in [7, 11) is 0. The number of nitrogens with one attached hydrogen (secondary N) is 2. The minimum absolute atomic E-state index is 0.134. The van der Waals surface area contributed by atoms with Crippen LogP contribution < -0.4 is 16.4 Å². The zero-order valence-corrected chi connectivity index (χ0v) is 23.5. The van der Waals surface area contributed by atoms with Crippen molar-refractivity contribution in [3.63, 3.8) is 0 Å². The zero-order valence-electron chi connectivity index (χ0n) is 23.5. The number of carbonyl (C=O) groups is 4. The number of nitrogens with two attached hydrogens (primary N) is 1. The molecule has 3 atom stereocenters. The Morgan fingerprint density at radius 2 is 1.69 bits per heavy atom. The van der Waals surface area contributed by atoms with Crippen LogP contribution in [0.1, 0.15) is 70.2 Å². The Kier molecular flexibility index (Phi) is 10.9. The van der Waals surface area contributed by atoms with E-state index >= 15 is 0 Å². The zero-order chi connectivity index (χ0) is 29.3. The quantitative estimate of drug-likeness (QED) is 0.343. The molecular formula is C29H40N4O6. The van der Waals surface area contributed by atoms with Crippen LogP contribution in [-0.2, 0) is 25.7 Å². The van der Waals surface area contributed by atoms with E-state index in [0.29, 0.717) is 12.0 Å². The third kappa shape index (κ3) is 9.01. The van der Waals surface area contributed by atoms with Gasteiger partial charge in [-0.05, 0) is 52.2 Å². The lowest BCUT2D eigenvalue weighted by Gasteiger charge is -2.38. The lowest BCUT2D eigenvalue weighted by Crippen LogP contribution is -2.56. The van der Waals surface area contributed by atoms with Crippen LogP contribution in [0, 0.1) is 6.92 Å². The number of alkyl carbamates (subject to hydrolysis) is 1. The number of rotatable bonds is 11. The normalized spacial score (nSPS) is 13.5. The van der Waals surface area contributed by atoms with Gasteiger partial charge in [0.15, 0.2) is 0 Å². The minimum Gasteiger partial charge on any atom is -0.507 e. The third-order valence-corrected chi connectivity index (χ3v) is 6.11. The van der Waals surface area contributed by atoms with Crippen molar-refractivity contribution in [2.75, 3.05) is 0 Å². The molecule has 39 heavy (non-hydrogen) atoms. The summed E-state index contributed by atoms with van der Waals surface area (Å²) in [5.74, 6) is -2.21. The number of aromatic hydroxyl groups is 1. The summed E-state index contributed by atoms with van der Waals surface area (Å²) in [6.45, 7) is 10.4. The molecule has 2 aromatic carbocycles. The van der Waals surface area contributed by atoms with Crippen molar-refractivity contribution < 1.29 is 29.0 Å². The number of amides is 4. The minimum atomic E-state index is -1.40. The van der Waals surface area contributed by atoms with Gasteiger partial charge in [-0.15, -0.1) is 0 Å². The van der Waals surface area contributed by atoms with E-state index in [1.54, 1.807) is 52.8 Å². The monoisotopic (exact) mass is 540 g/mol. The Morgan fingerprint density at radius 1 is 1.05 bits per heavy atom. The van der Waals surface area contributed by atoms with E-state index in [9.17, 15) is 24.3 Å². The Balaban J connectivity index is 2.56.